The molecule has 1 heterocycles. The number of carbonyl (C=O) groups is 2. The molecule has 1 saturated carbocycles. The Kier molecular flexibility index (Phi) is 4.80. The molecule has 1 aromatic heterocycles. The molecular weight excluding hydrogens is 327 g/mol. The number of aliphatic hydroxyl groups excluding tert-OH is 1. The lowest BCUT2D eigenvalue weighted by atomic mass is 9.81. The number of aromatic nitrogens is 1. The van der Waals surface area contributed by atoms with Crippen molar-refractivity contribution in [3.63, 3.8) is 0 Å². The first-order chi connectivity index (χ1) is 11.1. The van der Waals surface area contributed by atoms with E-state index in [9.17, 15) is 27.9 Å². The molecule has 1 aromatic rings. The van der Waals surface area contributed by atoms with Crippen molar-refractivity contribution in [1.29, 1.82) is 0 Å². The van der Waals surface area contributed by atoms with Crippen LogP contribution >= 0.6 is 0 Å². The number of halogens is 3. The number of pyridine rings is 1. The number of methoxy groups -OCH3 is 1. The lowest BCUT2D eigenvalue weighted by molar-refractivity contribution is -0.141. The molecular formula is C16H16F3NO4. The number of hydrogen-bond donors (Lipinski definition) is 1. The van der Waals surface area contributed by atoms with Gasteiger partial charge in [-0.2, -0.15) is 13.2 Å². The van der Waals surface area contributed by atoms with Crippen molar-refractivity contribution in [3.05, 3.63) is 34.7 Å². The van der Waals surface area contributed by atoms with Crippen molar-refractivity contribution in [2.75, 3.05) is 7.11 Å². The summed E-state index contributed by atoms with van der Waals surface area (Å²) in [6, 6.07) is 1.68. The van der Waals surface area contributed by atoms with E-state index in [0.717, 1.165) is 6.07 Å². The number of ether oxygens (including phenoxy) is 1. The minimum absolute atomic E-state index is 0.0938. The van der Waals surface area contributed by atoms with Crippen LogP contribution in [0, 0.1) is 12.8 Å². The Labute approximate surface area is 136 Å². The Morgan fingerprint density at radius 1 is 1.29 bits per heavy atom. The van der Waals surface area contributed by atoms with Gasteiger partial charge in [0.05, 0.1) is 0 Å². The fraction of sp³-hybridized carbons (Fsp3) is 0.438. The molecule has 2 atom stereocenters. The number of nitrogens with zero attached hydrogens (tertiary/aromatic N) is 1. The summed E-state index contributed by atoms with van der Waals surface area (Å²) in [4.78, 5) is 28.0. The fourth-order valence-electron chi connectivity index (χ4n) is 2.60. The Morgan fingerprint density at radius 3 is 2.42 bits per heavy atom. The highest BCUT2D eigenvalue weighted by Gasteiger charge is 2.40. The SMILES string of the molecule is COC1CC(C)C(=O)C(=C(O)c2ccc(C(F)(F)F)nc2C)C1=O. The number of aryl methyl sites for hydroxylation is 1. The topological polar surface area (TPSA) is 76.5 Å². The summed E-state index contributed by atoms with van der Waals surface area (Å²) in [6.45, 7) is 2.85. The van der Waals surface area contributed by atoms with E-state index in [1.807, 2.05) is 0 Å². The fourth-order valence-corrected chi connectivity index (χ4v) is 2.60. The highest BCUT2D eigenvalue weighted by Crippen LogP contribution is 2.32. The first-order valence-corrected chi connectivity index (χ1v) is 7.17. The molecule has 0 bridgehead atoms. The molecule has 0 saturated heterocycles. The van der Waals surface area contributed by atoms with Crippen LogP contribution in [0.2, 0.25) is 0 Å². The van der Waals surface area contributed by atoms with Gasteiger partial charge in [0.15, 0.2) is 11.6 Å². The maximum absolute atomic E-state index is 12.7. The number of hydrogen-bond acceptors (Lipinski definition) is 5. The lowest BCUT2D eigenvalue weighted by Crippen LogP contribution is -2.39. The van der Waals surface area contributed by atoms with Gasteiger partial charge < -0.3 is 9.84 Å². The number of alkyl halides is 3. The van der Waals surface area contributed by atoms with E-state index in [1.54, 1.807) is 6.92 Å². The molecule has 0 aromatic carbocycles. The van der Waals surface area contributed by atoms with E-state index in [4.69, 9.17) is 4.74 Å². The van der Waals surface area contributed by atoms with Gasteiger partial charge >= 0.3 is 6.18 Å². The molecule has 0 spiro atoms. The Hall–Kier alpha value is -2.22. The van der Waals surface area contributed by atoms with Crippen molar-refractivity contribution in [1.82, 2.24) is 4.98 Å². The van der Waals surface area contributed by atoms with Crippen molar-refractivity contribution < 1.29 is 32.6 Å². The van der Waals surface area contributed by atoms with Crippen molar-refractivity contribution in [2.24, 2.45) is 5.92 Å². The van der Waals surface area contributed by atoms with Crippen LogP contribution in [0.25, 0.3) is 5.76 Å². The third-order valence-electron chi connectivity index (χ3n) is 3.95. The summed E-state index contributed by atoms with van der Waals surface area (Å²) >= 11 is 0. The van der Waals surface area contributed by atoms with E-state index in [1.165, 1.54) is 14.0 Å². The number of aliphatic hydroxyl groups is 1. The molecule has 0 radical (unpaired) electrons. The van der Waals surface area contributed by atoms with Crippen LogP contribution in [-0.4, -0.2) is 34.9 Å². The standard InChI is InChI=1S/C16H16F3NO4/c1-7-6-10(24-3)15(23)12(13(7)21)14(22)9-4-5-11(16(17,18)19)20-8(9)2/h4-5,7,10,22H,6H2,1-3H3. The van der Waals surface area contributed by atoms with Crippen LogP contribution in [-0.2, 0) is 20.5 Å². The van der Waals surface area contributed by atoms with Crippen molar-refractivity contribution in [3.8, 4) is 0 Å². The van der Waals surface area contributed by atoms with Crippen LogP contribution in [0.15, 0.2) is 17.7 Å². The number of carbonyl (C=O) groups excluding carboxylic acids is 2. The molecule has 8 heteroatoms. The molecule has 1 aliphatic rings. The molecule has 0 aliphatic heterocycles. The summed E-state index contributed by atoms with van der Waals surface area (Å²) in [5, 5.41) is 10.4. The molecule has 2 unspecified atom stereocenters. The minimum atomic E-state index is -4.63. The van der Waals surface area contributed by atoms with Crippen molar-refractivity contribution >= 4 is 17.3 Å². The first kappa shape index (κ1) is 18.1. The second-order valence-corrected chi connectivity index (χ2v) is 5.64. The molecule has 1 aliphatic carbocycles. The van der Waals surface area contributed by atoms with Gasteiger partial charge in [-0.25, -0.2) is 4.98 Å². The number of ketones is 2. The summed E-state index contributed by atoms with van der Waals surface area (Å²) in [7, 11) is 1.31. The predicted molar refractivity (Wildman–Crippen MR) is 78.1 cm³/mol. The van der Waals surface area contributed by atoms with Gasteiger partial charge in [-0.3, -0.25) is 9.59 Å². The number of Topliss-reactive ketones (excluding diaryl/α,β-unsaturated/α-hetero) is 2. The van der Waals surface area contributed by atoms with E-state index >= 15 is 0 Å². The Morgan fingerprint density at radius 2 is 1.92 bits per heavy atom. The van der Waals surface area contributed by atoms with Crippen LogP contribution in [0.4, 0.5) is 13.2 Å². The second-order valence-electron chi connectivity index (χ2n) is 5.64. The van der Waals surface area contributed by atoms with Crippen LogP contribution in [0.3, 0.4) is 0 Å². The highest BCUT2D eigenvalue weighted by atomic mass is 19.4. The molecule has 130 valence electrons. The van der Waals surface area contributed by atoms with Gasteiger partial charge in [-0.1, -0.05) is 6.92 Å². The smallest absolute Gasteiger partial charge is 0.433 e. The predicted octanol–water partition coefficient (Wildman–Crippen LogP) is 2.87. The molecule has 2 rings (SSSR count). The van der Waals surface area contributed by atoms with Gasteiger partial charge in [-0.15, -0.1) is 0 Å². The van der Waals surface area contributed by atoms with Crippen LogP contribution in [0.5, 0.6) is 0 Å². The van der Waals surface area contributed by atoms with Gasteiger partial charge in [0.2, 0.25) is 0 Å². The van der Waals surface area contributed by atoms with E-state index in [0.29, 0.717) is 6.07 Å². The molecule has 0 amide bonds. The van der Waals surface area contributed by atoms with Gasteiger partial charge in [-0.05, 0) is 25.5 Å². The lowest BCUT2D eigenvalue weighted by Gasteiger charge is -2.26. The van der Waals surface area contributed by atoms with E-state index in [-0.39, 0.29) is 17.7 Å². The summed E-state index contributed by atoms with van der Waals surface area (Å²) in [5.41, 5.74) is -1.80. The zero-order valence-electron chi connectivity index (χ0n) is 13.3. The third kappa shape index (κ3) is 3.19. The van der Waals surface area contributed by atoms with E-state index in [2.05, 4.69) is 4.98 Å². The largest absolute Gasteiger partial charge is 0.506 e. The monoisotopic (exact) mass is 343 g/mol. The normalized spacial score (nSPS) is 24.2. The van der Waals surface area contributed by atoms with Gasteiger partial charge in [0.25, 0.3) is 0 Å². The van der Waals surface area contributed by atoms with Gasteiger partial charge in [0, 0.05) is 24.3 Å². The summed E-state index contributed by atoms with van der Waals surface area (Å²) in [6.07, 6.45) is -5.31. The summed E-state index contributed by atoms with van der Waals surface area (Å²) in [5.74, 6) is -2.47. The highest BCUT2D eigenvalue weighted by molar-refractivity contribution is 6.27. The zero-order valence-corrected chi connectivity index (χ0v) is 13.3. The summed E-state index contributed by atoms with van der Waals surface area (Å²) < 4.78 is 43.0. The maximum atomic E-state index is 12.7. The average molecular weight is 343 g/mol. The average Bonchev–Trinajstić information content (AvgIpc) is 2.49. The van der Waals surface area contributed by atoms with Crippen LogP contribution < -0.4 is 0 Å². The zero-order chi connectivity index (χ0) is 18.2. The van der Waals surface area contributed by atoms with E-state index < -0.39 is 46.8 Å². The minimum Gasteiger partial charge on any atom is -0.506 e. The molecule has 24 heavy (non-hydrogen) atoms. The maximum Gasteiger partial charge on any atom is 0.433 e. The first-order valence-electron chi connectivity index (χ1n) is 7.17. The Bertz CT molecular complexity index is 725. The van der Waals surface area contributed by atoms with Gasteiger partial charge in [0.1, 0.15) is 23.1 Å². The molecule has 5 nitrogen and oxygen atoms in total. The second kappa shape index (κ2) is 6.35. The molecule has 1 N–H and O–H groups in total. The van der Waals surface area contributed by atoms with Crippen LogP contribution in [0.1, 0.15) is 30.3 Å². The van der Waals surface area contributed by atoms with Crippen molar-refractivity contribution in [2.45, 2.75) is 32.5 Å². The molecule has 1 fully saturated rings. The quantitative estimate of drug-likeness (QED) is 0.508. The third-order valence-corrected chi connectivity index (χ3v) is 3.95. The Balaban J connectivity index is 2.56. The number of rotatable bonds is 2.